The molecule has 15 heteroatoms. The average molecular weight is 688 g/mol. The van der Waals surface area contributed by atoms with Crippen LogP contribution in [-0.4, -0.2) is 143 Å². The number of amides is 4. The molecular weight excluding hydrogens is 634 g/mol. The van der Waals surface area contributed by atoms with Crippen LogP contribution in [0, 0.1) is 5.92 Å². The van der Waals surface area contributed by atoms with Gasteiger partial charge in [0, 0.05) is 64.3 Å². The number of esters is 1. The largest absolute Gasteiger partial charge is 0.461 e. The molecule has 1 aromatic heterocycles. The van der Waals surface area contributed by atoms with E-state index in [2.05, 4.69) is 21.4 Å². The Morgan fingerprint density at radius 1 is 0.939 bits per heavy atom. The fourth-order valence-corrected chi connectivity index (χ4v) is 5.45. The highest BCUT2D eigenvalue weighted by Crippen LogP contribution is 2.34. The van der Waals surface area contributed by atoms with Crippen LogP contribution in [0.1, 0.15) is 45.2 Å². The van der Waals surface area contributed by atoms with Crippen LogP contribution in [0.4, 0.5) is 0 Å². The summed E-state index contributed by atoms with van der Waals surface area (Å²) in [6.07, 6.45) is 1.83. The summed E-state index contributed by atoms with van der Waals surface area (Å²) in [5.41, 5.74) is 5.09. The van der Waals surface area contributed by atoms with Crippen molar-refractivity contribution < 1.29 is 38.9 Å². The Morgan fingerprint density at radius 2 is 1.61 bits per heavy atom. The molecule has 1 aliphatic carbocycles. The van der Waals surface area contributed by atoms with Gasteiger partial charge in [-0.15, -0.1) is 0 Å². The average Bonchev–Trinajstić information content (AvgIpc) is 3.89. The lowest BCUT2D eigenvalue weighted by Gasteiger charge is -2.28. The molecule has 0 radical (unpaired) electrons. The summed E-state index contributed by atoms with van der Waals surface area (Å²) in [4.78, 5) is 68.1. The Balaban J connectivity index is 1.51. The van der Waals surface area contributed by atoms with E-state index in [9.17, 15) is 34.2 Å². The summed E-state index contributed by atoms with van der Waals surface area (Å²) in [7, 11) is 5.24. The van der Waals surface area contributed by atoms with Gasteiger partial charge in [-0.2, -0.15) is 0 Å². The molecule has 1 aliphatic rings. The monoisotopic (exact) mass is 687 g/mol. The molecule has 0 saturated heterocycles. The van der Waals surface area contributed by atoms with Crippen LogP contribution in [-0.2, 0) is 41.8 Å². The summed E-state index contributed by atoms with van der Waals surface area (Å²) in [5.74, 6) is -1.97. The van der Waals surface area contributed by atoms with Crippen LogP contribution >= 0.6 is 0 Å². The molecule has 3 rings (SSSR count). The molecule has 0 spiro atoms. The number of carbonyl (C=O) groups excluding carboxylic acids is 5. The van der Waals surface area contributed by atoms with Gasteiger partial charge in [-0.3, -0.25) is 24.6 Å². The van der Waals surface area contributed by atoms with Crippen molar-refractivity contribution in [3.63, 3.8) is 0 Å². The molecule has 1 aromatic carbocycles. The number of carbonyl (C=O) groups is 5. The lowest BCUT2D eigenvalue weighted by molar-refractivity contribution is -0.158. The summed E-state index contributed by atoms with van der Waals surface area (Å²) < 4.78 is 7.55. The number of nitrogens with zero attached hydrogens (tertiary/aromatic N) is 5. The van der Waals surface area contributed by atoms with Crippen molar-refractivity contribution >= 4 is 40.5 Å². The molecule has 4 amide bonds. The minimum atomic E-state index is -0.812. The van der Waals surface area contributed by atoms with Crippen molar-refractivity contribution in [2.75, 3.05) is 67.1 Å². The number of hydrogen-bond acceptors (Lipinski definition) is 10. The molecule has 15 nitrogen and oxygen atoms in total. The first-order chi connectivity index (χ1) is 23.4. The smallest absolute Gasteiger partial charge is 0.328 e. The van der Waals surface area contributed by atoms with Crippen molar-refractivity contribution in [2.24, 2.45) is 5.92 Å². The zero-order valence-corrected chi connectivity index (χ0v) is 29.4. The van der Waals surface area contributed by atoms with E-state index in [1.165, 1.54) is 16.8 Å². The van der Waals surface area contributed by atoms with Gasteiger partial charge in [-0.1, -0.05) is 18.2 Å². The first-order valence-electron chi connectivity index (χ1n) is 16.9. The Kier molecular flexibility index (Phi) is 15.4. The number of para-hydroxylation sites is 1. The van der Waals surface area contributed by atoms with E-state index in [0.717, 1.165) is 34.3 Å². The van der Waals surface area contributed by atoms with E-state index in [-0.39, 0.29) is 63.5 Å². The highest BCUT2D eigenvalue weighted by molar-refractivity contribution is 5.89. The molecule has 0 aliphatic heterocycles. The molecular formula is C34H53N7O8. The molecule has 2 aromatic rings. The van der Waals surface area contributed by atoms with Crippen LogP contribution in [0.2, 0.25) is 0 Å². The quantitative estimate of drug-likeness (QED) is 0.103. The van der Waals surface area contributed by atoms with Gasteiger partial charge >= 0.3 is 5.97 Å². The van der Waals surface area contributed by atoms with E-state index >= 15 is 0 Å². The van der Waals surface area contributed by atoms with Gasteiger partial charge in [0.25, 0.3) is 0 Å². The van der Waals surface area contributed by atoms with Gasteiger partial charge in [-0.05, 0) is 57.2 Å². The Hall–Kier alpha value is -4.05. The number of ether oxygens (including phenoxy) is 1. The SMILES string of the molecule is CNN(C)Cc1cc2ccccc2n1CCC(=O)NCC(=O)N(CCO)CC(=O)N(CCO)CCC(=O)N(C)C(C)C(=O)O[C@@H](C)C1CC1. The van der Waals surface area contributed by atoms with Crippen molar-refractivity contribution in [2.45, 2.75) is 64.8 Å². The highest BCUT2D eigenvalue weighted by Gasteiger charge is 2.33. The number of benzene rings is 1. The molecule has 1 heterocycles. The predicted octanol–water partition coefficient (Wildman–Crippen LogP) is -0.0657. The standard InChI is InChI=1S/C34H53N7O8/c1-24(34(48)49-25(2)26-10-11-26)38(5)31(45)13-14-39(16-18-42)33(47)23-40(17-19-43)32(46)21-36-30(44)12-15-41-28(22-37(4)35-3)20-27-8-6-7-9-29(27)41/h6-9,20,24-26,35,42-43H,10-19,21-23H2,1-5H3,(H,36,44)/t24?,25-/m0/s1. The number of rotatable bonds is 21. The fraction of sp³-hybridized carbons (Fsp3) is 0.618. The number of aliphatic hydroxyl groups is 2. The van der Waals surface area contributed by atoms with Gasteiger partial charge in [0.05, 0.1) is 32.8 Å². The second-order valence-electron chi connectivity index (χ2n) is 12.5. The number of hydrogen-bond donors (Lipinski definition) is 4. The van der Waals surface area contributed by atoms with Gasteiger partial charge < -0.3 is 39.5 Å². The Morgan fingerprint density at radius 3 is 2.27 bits per heavy atom. The van der Waals surface area contributed by atoms with Gasteiger partial charge in [0.2, 0.25) is 23.6 Å². The Labute approximate surface area is 288 Å². The maximum absolute atomic E-state index is 13.2. The predicted molar refractivity (Wildman–Crippen MR) is 183 cm³/mol. The second-order valence-corrected chi connectivity index (χ2v) is 12.5. The number of aromatic nitrogens is 1. The van der Waals surface area contributed by atoms with Gasteiger partial charge in [-0.25, -0.2) is 9.80 Å². The number of fused-ring (bicyclic) bond motifs is 1. The number of aliphatic hydroxyl groups excluding tert-OH is 2. The molecule has 1 saturated carbocycles. The molecule has 2 atom stereocenters. The third kappa shape index (κ3) is 11.8. The van der Waals surface area contributed by atoms with E-state index in [4.69, 9.17) is 4.74 Å². The number of likely N-dealkylation sites (N-methyl/N-ethyl adjacent to an activating group) is 1. The zero-order chi connectivity index (χ0) is 36.1. The third-order valence-corrected chi connectivity index (χ3v) is 8.95. The van der Waals surface area contributed by atoms with E-state index < -0.39 is 37.0 Å². The van der Waals surface area contributed by atoms with Crippen molar-refractivity contribution in [3.05, 3.63) is 36.0 Å². The zero-order valence-electron chi connectivity index (χ0n) is 29.4. The minimum Gasteiger partial charge on any atom is -0.461 e. The van der Waals surface area contributed by atoms with Gasteiger partial charge in [0.1, 0.15) is 12.1 Å². The second kappa shape index (κ2) is 19.2. The lowest BCUT2D eigenvalue weighted by atomic mass is 10.2. The number of nitrogens with one attached hydrogen (secondary N) is 2. The molecule has 0 bridgehead atoms. The molecule has 49 heavy (non-hydrogen) atoms. The van der Waals surface area contributed by atoms with Crippen LogP contribution in [0.25, 0.3) is 10.9 Å². The first-order valence-corrected chi connectivity index (χ1v) is 16.9. The maximum Gasteiger partial charge on any atom is 0.328 e. The van der Waals surface area contributed by atoms with Crippen LogP contribution in [0.15, 0.2) is 30.3 Å². The molecule has 1 fully saturated rings. The van der Waals surface area contributed by atoms with Crippen molar-refractivity contribution in [1.82, 2.24) is 35.0 Å². The van der Waals surface area contributed by atoms with E-state index in [1.54, 1.807) is 6.92 Å². The summed E-state index contributed by atoms with van der Waals surface area (Å²) >= 11 is 0. The van der Waals surface area contributed by atoms with E-state index in [0.29, 0.717) is 19.0 Å². The third-order valence-electron chi connectivity index (χ3n) is 8.95. The molecule has 272 valence electrons. The lowest BCUT2D eigenvalue weighted by Crippen LogP contribution is -2.48. The van der Waals surface area contributed by atoms with Crippen molar-refractivity contribution in [1.29, 1.82) is 0 Å². The number of hydrazine groups is 1. The first kappa shape index (κ1) is 39.4. The van der Waals surface area contributed by atoms with Crippen molar-refractivity contribution in [3.8, 4) is 0 Å². The van der Waals surface area contributed by atoms with E-state index in [1.807, 2.05) is 50.3 Å². The maximum atomic E-state index is 13.2. The van der Waals surface area contributed by atoms with Crippen LogP contribution in [0.5, 0.6) is 0 Å². The molecule has 4 N–H and O–H groups in total. The molecule has 1 unspecified atom stereocenters. The fourth-order valence-electron chi connectivity index (χ4n) is 5.45. The van der Waals surface area contributed by atoms with Crippen LogP contribution < -0.4 is 10.7 Å². The summed E-state index contributed by atoms with van der Waals surface area (Å²) in [6.45, 7) is 2.58. The topological polar surface area (TPSA) is 177 Å². The minimum absolute atomic E-state index is 0.0547. The Bertz CT molecular complexity index is 1430. The summed E-state index contributed by atoms with van der Waals surface area (Å²) in [6, 6.07) is 9.17. The summed E-state index contributed by atoms with van der Waals surface area (Å²) in [5, 5.41) is 24.8. The van der Waals surface area contributed by atoms with Crippen LogP contribution in [0.3, 0.4) is 0 Å². The van der Waals surface area contributed by atoms with Gasteiger partial charge in [0.15, 0.2) is 0 Å². The highest BCUT2D eigenvalue weighted by atomic mass is 16.5. The normalized spacial score (nSPS) is 14.0. The number of aryl methyl sites for hydroxylation is 1.